The van der Waals surface area contributed by atoms with Crippen LogP contribution in [0.4, 0.5) is 10.1 Å². The van der Waals surface area contributed by atoms with Crippen molar-refractivity contribution in [3.8, 4) is 0 Å². The predicted octanol–water partition coefficient (Wildman–Crippen LogP) is 1.95. The van der Waals surface area contributed by atoms with Crippen molar-refractivity contribution in [2.24, 2.45) is 0 Å². The molecule has 1 N–H and O–H groups in total. The number of nitrogens with zero attached hydrogens (tertiary/aromatic N) is 1. The molecule has 5 nitrogen and oxygen atoms in total. The number of sulfonamides is 1. The predicted molar refractivity (Wildman–Crippen MR) is 91.7 cm³/mol. The van der Waals surface area contributed by atoms with E-state index in [-0.39, 0.29) is 12.4 Å². The second-order valence-corrected chi connectivity index (χ2v) is 7.24. The molecule has 2 aromatic rings. The Morgan fingerprint density at radius 3 is 2.29 bits per heavy atom. The van der Waals surface area contributed by atoms with Crippen LogP contribution in [-0.2, 0) is 21.2 Å². The van der Waals surface area contributed by atoms with Crippen LogP contribution in [0.15, 0.2) is 54.6 Å². The largest absolute Gasteiger partial charge is 0.354 e. The second-order valence-electron chi connectivity index (χ2n) is 5.33. The number of carbonyl (C=O) groups excluding carboxylic acids is 1. The molecule has 0 aliphatic carbocycles. The summed E-state index contributed by atoms with van der Waals surface area (Å²) in [6.45, 7) is 0.0587. The maximum absolute atomic E-state index is 12.8. The zero-order chi connectivity index (χ0) is 17.6. The van der Waals surface area contributed by atoms with Gasteiger partial charge in [-0.3, -0.25) is 9.10 Å². The molecule has 0 saturated heterocycles. The van der Waals surface area contributed by atoms with E-state index in [2.05, 4.69) is 5.32 Å². The molecule has 24 heavy (non-hydrogen) atoms. The van der Waals surface area contributed by atoms with Gasteiger partial charge in [-0.1, -0.05) is 30.3 Å². The van der Waals surface area contributed by atoms with Crippen molar-refractivity contribution in [3.63, 3.8) is 0 Å². The van der Waals surface area contributed by atoms with Gasteiger partial charge in [-0.15, -0.1) is 0 Å². The van der Waals surface area contributed by atoms with E-state index in [1.165, 1.54) is 12.1 Å². The lowest BCUT2D eigenvalue weighted by Crippen LogP contribution is -2.40. The van der Waals surface area contributed by atoms with Crippen molar-refractivity contribution < 1.29 is 17.6 Å². The van der Waals surface area contributed by atoms with Crippen molar-refractivity contribution in [2.75, 3.05) is 23.7 Å². The summed E-state index contributed by atoms with van der Waals surface area (Å²) in [7, 11) is -3.56. The summed E-state index contributed by atoms with van der Waals surface area (Å²) < 4.78 is 37.7. The van der Waals surface area contributed by atoms with Crippen molar-refractivity contribution in [1.29, 1.82) is 0 Å². The van der Waals surface area contributed by atoms with Crippen molar-refractivity contribution >= 4 is 21.6 Å². The molecule has 7 heteroatoms. The van der Waals surface area contributed by atoms with Gasteiger partial charge >= 0.3 is 0 Å². The van der Waals surface area contributed by atoms with E-state index in [0.29, 0.717) is 18.7 Å². The number of hydrogen-bond donors (Lipinski definition) is 1. The number of para-hydroxylation sites is 1. The highest BCUT2D eigenvalue weighted by atomic mass is 32.2. The molecule has 0 bridgehead atoms. The summed E-state index contributed by atoms with van der Waals surface area (Å²) >= 11 is 0. The third-order valence-electron chi connectivity index (χ3n) is 3.38. The fourth-order valence-electron chi connectivity index (χ4n) is 2.18. The van der Waals surface area contributed by atoms with E-state index in [9.17, 15) is 17.6 Å². The van der Waals surface area contributed by atoms with Crippen LogP contribution in [0.3, 0.4) is 0 Å². The number of anilines is 1. The van der Waals surface area contributed by atoms with Gasteiger partial charge in [0.2, 0.25) is 15.9 Å². The molecule has 0 heterocycles. The Bertz CT molecular complexity index is 777. The lowest BCUT2D eigenvalue weighted by atomic mass is 10.1. The number of nitrogens with one attached hydrogen (secondary N) is 1. The Morgan fingerprint density at radius 1 is 1.08 bits per heavy atom. The molecule has 0 aliphatic rings. The molecular formula is C17H19FN2O3S. The minimum absolute atomic E-state index is 0.285. The van der Waals surface area contributed by atoms with Crippen molar-refractivity contribution in [2.45, 2.75) is 6.42 Å². The normalized spacial score (nSPS) is 11.1. The molecule has 0 atom stereocenters. The van der Waals surface area contributed by atoms with Gasteiger partial charge in [-0.25, -0.2) is 12.8 Å². The molecule has 0 fully saturated rings. The van der Waals surface area contributed by atoms with Crippen molar-refractivity contribution in [3.05, 3.63) is 66.0 Å². The second kappa shape index (κ2) is 7.92. The molecule has 0 saturated carbocycles. The molecule has 0 spiro atoms. The van der Waals surface area contributed by atoms with E-state index in [1.54, 1.807) is 42.5 Å². The Balaban J connectivity index is 1.92. The van der Waals surface area contributed by atoms with Gasteiger partial charge in [0.25, 0.3) is 0 Å². The molecule has 0 radical (unpaired) electrons. The summed E-state index contributed by atoms with van der Waals surface area (Å²) in [5.74, 6) is -0.708. The number of halogens is 1. The highest BCUT2D eigenvalue weighted by Crippen LogP contribution is 2.16. The third kappa shape index (κ3) is 5.34. The molecule has 128 valence electrons. The first-order valence-electron chi connectivity index (χ1n) is 7.40. The Morgan fingerprint density at radius 2 is 1.71 bits per heavy atom. The Labute approximate surface area is 141 Å². The third-order valence-corrected chi connectivity index (χ3v) is 4.52. The molecule has 0 unspecified atom stereocenters. The zero-order valence-corrected chi connectivity index (χ0v) is 14.1. The van der Waals surface area contributed by atoms with Crippen LogP contribution in [0, 0.1) is 5.82 Å². The van der Waals surface area contributed by atoms with E-state index >= 15 is 0 Å². The summed E-state index contributed by atoms with van der Waals surface area (Å²) in [4.78, 5) is 12.0. The zero-order valence-electron chi connectivity index (χ0n) is 13.3. The minimum Gasteiger partial charge on any atom is -0.354 e. The van der Waals surface area contributed by atoms with Crippen LogP contribution in [0.25, 0.3) is 0 Å². The Hall–Kier alpha value is -2.41. The monoisotopic (exact) mass is 350 g/mol. The number of hydrogen-bond acceptors (Lipinski definition) is 3. The van der Waals surface area contributed by atoms with Crippen LogP contribution in [0.1, 0.15) is 5.56 Å². The molecule has 0 aromatic heterocycles. The average Bonchev–Trinajstić information content (AvgIpc) is 2.54. The maximum atomic E-state index is 12.8. The lowest BCUT2D eigenvalue weighted by Gasteiger charge is -2.21. The summed E-state index contributed by atoms with van der Waals surface area (Å²) in [5.41, 5.74) is 1.33. The molecule has 2 aromatic carbocycles. The van der Waals surface area contributed by atoms with Gasteiger partial charge in [0.15, 0.2) is 0 Å². The van der Waals surface area contributed by atoms with Gasteiger partial charge in [-0.2, -0.15) is 0 Å². The smallest absolute Gasteiger partial charge is 0.240 e. The van der Waals surface area contributed by atoms with Crippen molar-refractivity contribution in [1.82, 2.24) is 5.32 Å². The van der Waals surface area contributed by atoms with Crippen LogP contribution in [0.5, 0.6) is 0 Å². The molecular weight excluding hydrogens is 331 g/mol. The van der Waals surface area contributed by atoms with Gasteiger partial charge in [-0.05, 0) is 36.2 Å². The highest BCUT2D eigenvalue weighted by Gasteiger charge is 2.20. The number of rotatable bonds is 7. The number of carbonyl (C=O) groups is 1. The highest BCUT2D eigenvalue weighted by molar-refractivity contribution is 7.92. The average molecular weight is 350 g/mol. The Kier molecular flexibility index (Phi) is 5.92. The molecule has 0 aliphatic heterocycles. The quantitative estimate of drug-likeness (QED) is 0.830. The lowest BCUT2D eigenvalue weighted by molar-refractivity contribution is -0.119. The summed E-state index contributed by atoms with van der Waals surface area (Å²) in [5, 5.41) is 2.68. The summed E-state index contributed by atoms with van der Waals surface area (Å²) in [6.07, 6.45) is 1.60. The molecule has 2 rings (SSSR count). The van der Waals surface area contributed by atoms with Crippen LogP contribution < -0.4 is 9.62 Å². The first-order chi connectivity index (χ1) is 11.4. The topological polar surface area (TPSA) is 66.5 Å². The first-order valence-corrected chi connectivity index (χ1v) is 9.25. The van der Waals surface area contributed by atoms with Crippen LogP contribution >= 0.6 is 0 Å². The van der Waals surface area contributed by atoms with E-state index in [1.807, 2.05) is 0 Å². The van der Waals surface area contributed by atoms with Gasteiger partial charge in [0.1, 0.15) is 12.4 Å². The van der Waals surface area contributed by atoms with E-state index in [0.717, 1.165) is 16.1 Å². The maximum Gasteiger partial charge on any atom is 0.240 e. The molecule has 1 amide bonds. The van der Waals surface area contributed by atoms with Crippen LogP contribution in [0.2, 0.25) is 0 Å². The van der Waals surface area contributed by atoms with E-state index < -0.39 is 15.9 Å². The van der Waals surface area contributed by atoms with E-state index in [4.69, 9.17) is 0 Å². The minimum atomic E-state index is -3.56. The van der Waals surface area contributed by atoms with Gasteiger partial charge in [0.05, 0.1) is 11.9 Å². The summed E-state index contributed by atoms with van der Waals surface area (Å²) in [6, 6.07) is 14.5. The fourth-order valence-corrected chi connectivity index (χ4v) is 3.03. The fraction of sp³-hybridized carbons (Fsp3) is 0.235. The van der Waals surface area contributed by atoms with Crippen LogP contribution in [-0.4, -0.2) is 33.7 Å². The number of benzene rings is 2. The van der Waals surface area contributed by atoms with Gasteiger partial charge in [0, 0.05) is 6.54 Å². The number of amides is 1. The standard InChI is InChI=1S/C17H19FN2O3S/c1-24(22,23)20(16-5-3-2-4-6-16)13-17(21)19-12-11-14-7-9-15(18)10-8-14/h2-10H,11-13H2,1H3,(H,19,21). The van der Waals surface area contributed by atoms with Gasteiger partial charge < -0.3 is 5.32 Å². The SMILES string of the molecule is CS(=O)(=O)N(CC(=O)NCCc1ccc(F)cc1)c1ccccc1. The first kappa shape index (κ1) is 17.9.